The van der Waals surface area contributed by atoms with Crippen LogP contribution in [0.3, 0.4) is 0 Å². The fraction of sp³-hybridized carbons (Fsp3) is 0.171. The van der Waals surface area contributed by atoms with Crippen LogP contribution < -0.4 is 5.46 Å². The van der Waals surface area contributed by atoms with E-state index in [2.05, 4.69) is 129 Å². The molecule has 0 spiro atoms. The number of pyridine rings is 1. The second kappa shape index (κ2) is 8.77. The highest BCUT2D eigenvalue weighted by Gasteiger charge is 2.51. The zero-order valence-electron chi connectivity index (χ0n) is 23.5. The summed E-state index contributed by atoms with van der Waals surface area (Å²) in [6.07, 6.45) is 1.89. The van der Waals surface area contributed by atoms with Crippen molar-refractivity contribution in [1.82, 2.24) is 9.55 Å². The highest BCUT2D eigenvalue weighted by Crippen LogP contribution is 2.42. The van der Waals surface area contributed by atoms with E-state index < -0.39 is 18.3 Å². The van der Waals surface area contributed by atoms with Crippen molar-refractivity contribution < 1.29 is 9.31 Å². The monoisotopic (exact) mass is 552 g/mol. The molecule has 0 saturated carbocycles. The van der Waals surface area contributed by atoms with Crippen LogP contribution in [-0.4, -0.2) is 27.9 Å². The highest BCUT2D eigenvalue weighted by atomic mass is 32.1. The molecule has 0 bridgehead atoms. The first kappa shape index (κ1) is 24.8. The van der Waals surface area contributed by atoms with Gasteiger partial charge in [-0.2, -0.15) is 0 Å². The van der Waals surface area contributed by atoms with Crippen LogP contribution in [0.4, 0.5) is 0 Å². The quantitative estimate of drug-likeness (QED) is 0.206. The summed E-state index contributed by atoms with van der Waals surface area (Å²) in [4.78, 5) is 4.95. The van der Waals surface area contributed by atoms with Crippen molar-refractivity contribution in [2.24, 2.45) is 0 Å². The maximum absolute atomic E-state index is 6.27. The van der Waals surface area contributed by atoms with E-state index >= 15 is 0 Å². The summed E-state index contributed by atoms with van der Waals surface area (Å²) in [5, 5.41) is 5.05. The minimum absolute atomic E-state index is 0.392. The third-order valence-electron chi connectivity index (χ3n) is 8.91. The van der Waals surface area contributed by atoms with Crippen LogP contribution in [0.5, 0.6) is 0 Å². The lowest BCUT2D eigenvalue weighted by Crippen LogP contribution is -2.41. The molecule has 0 atom stereocenters. The molecule has 1 aliphatic rings. The fourth-order valence-electron chi connectivity index (χ4n) is 6.01. The van der Waals surface area contributed by atoms with Crippen molar-refractivity contribution in [2.45, 2.75) is 38.9 Å². The number of hydrogen-bond acceptors (Lipinski definition) is 4. The maximum Gasteiger partial charge on any atom is 0.496 e. The van der Waals surface area contributed by atoms with Crippen molar-refractivity contribution in [3.05, 3.63) is 103 Å². The van der Waals surface area contributed by atoms with E-state index in [9.17, 15) is 0 Å². The van der Waals surface area contributed by atoms with Gasteiger partial charge in [-0.15, -0.1) is 11.3 Å². The number of nitrogens with zero attached hydrogens (tertiary/aromatic N) is 2. The van der Waals surface area contributed by atoms with Crippen molar-refractivity contribution in [3.8, 4) is 16.9 Å². The molecule has 4 nitrogen and oxygen atoms in total. The van der Waals surface area contributed by atoms with Gasteiger partial charge < -0.3 is 9.31 Å². The molecule has 0 aliphatic carbocycles. The molecule has 3 aromatic heterocycles. The molecule has 41 heavy (non-hydrogen) atoms. The SMILES string of the molecule is CC1(C)OB(c2ccc(-n3c4ccccc4c4ccc(-c5cccc6c5sc5ccccc56)cc43)nc2)OC1(C)C. The van der Waals surface area contributed by atoms with E-state index in [4.69, 9.17) is 14.3 Å². The van der Waals surface area contributed by atoms with Crippen LogP contribution >= 0.6 is 11.3 Å². The first-order chi connectivity index (χ1) is 19.8. The third-order valence-corrected chi connectivity index (χ3v) is 10.1. The van der Waals surface area contributed by atoms with Crippen LogP contribution in [0.1, 0.15) is 27.7 Å². The van der Waals surface area contributed by atoms with E-state index in [0.717, 1.165) is 22.3 Å². The lowest BCUT2D eigenvalue weighted by Gasteiger charge is -2.32. The summed E-state index contributed by atoms with van der Waals surface area (Å²) in [7, 11) is -0.437. The maximum atomic E-state index is 6.27. The van der Waals surface area contributed by atoms with Crippen molar-refractivity contribution in [3.63, 3.8) is 0 Å². The summed E-state index contributed by atoms with van der Waals surface area (Å²) in [6, 6.07) is 34.9. The van der Waals surface area contributed by atoms with Crippen LogP contribution in [0, 0.1) is 0 Å². The number of rotatable bonds is 3. The molecule has 4 aromatic carbocycles. The standard InChI is InChI=1S/C35H29BN2O2S/c1-34(2)35(3,4)40-36(39-34)23-17-19-32(37-21-23)38-29-14-7-5-10-25(29)26-18-16-22(20-30(26)38)24-12-9-13-28-27-11-6-8-15-31(27)41-33(24)28/h5-21H,1-4H3. The van der Waals surface area contributed by atoms with Gasteiger partial charge in [-0.3, -0.25) is 4.57 Å². The van der Waals surface area contributed by atoms with E-state index in [0.29, 0.717) is 0 Å². The number of benzene rings is 4. The van der Waals surface area contributed by atoms with E-state index in [1.54, 1.807) is 0 Å². The van der Waals surface area contributed by atoms with Crippen molar-refractivity contribution in [1.29, 1.82) is 0 Å². The summed E-state index contributed by atoms with van der Waals surface area (Å²) >= 11 is 1.86. The van der Waals surface area contributed by atoms with Gasteiger partial charge in [0.15, 0.2) is 0 Å². The third kappa shape index (κ3) is 3.71. The van der Waals surface area contributed by atoms with E-state index in [-0.39, 0.29) is 0 Å². The van der Waals surface area contributed by atoms with E-state index in [1.807, 2.05) is 17.5 Å². The summed E-state index contributed by atoms with van der Waals surface area (Å²) in [5.41, 5.74) is 4.87. The van der Waals surface area contributed by atoms with Crippen LogP contribution in [0.15, 0.2) is 103 Å². The molecule has 6 heteroatoms. The predicted octanol–water partition coefficient (Wildman–Crippen LogP) is 8.51. The Kier molecular flexibility index (Phi) is 5.30. The Bertz CT molecular complexity index is 2110. The summed E-state index contributed by atoms with van der Waals surface area (Å²) in [6.45, 7) is 8.29. The van der Waals surface area contributed by atoms with Crippen molar-refractivity contribution in [2.75, 3.05) is 0 Å². The van der Waals surface area contributed by atoms with Gasteiger partial charge in [0.05, 0.1) is 22.2 Å². The minimum Gasteiger partial charge on any atom is -0.399 e. The topological polar surface area (TPSA) is 36.3 Å². The van der Waals surface area contributed by atoms with Gasteiger partial charge in [-0.05, 0) is 63.1 Å². The van der Waals surface area contributed by atoms with Gasteiger partial charge in [0.2, 0.25) is 0 Å². The lowest BCUT2D eigenvalue weighted by atomic mass is 9.80. The highest BCUT2D eigenvalue weighted by molar-refractivity contribution is 7.26. The molecule has 1 fully saturated rings. The number of para-hydroxylation sites is 1. The first-order valence-electron chi connectivity index (χ1n) is 14.1. The Morgan fingerprint density at radius 2 is 1.39 bits per heavy atom. The molecule has 0 N–H and O–H groups in total. The molecular formula is C35H29BN2O2S. The normalized spacial score (nSPS) is 16.4. The molecule has 1 aliphatic heterocycles. The number of hydrogen-bond donors (Lipinski definition) is 0. The molecule has 1 saturated heterocycles. The number of fused-ring (bicyclic) bond motifs is 6. The van der Waals surface area contributed by atoms with Gasteiger partial charge in [-0.25, -0.2) is 4.98 Å². The molecule has 7 aromatic rings. The Morgan fingerprint density at radius 3 is 2.17 bits per heavy atom. The number of thiophene rings is 1. The van der Waals surface area contributed by atoms with Gasteiger partial charge in [0.25, 0.3) is 0 Å². The van der Waals surface area contributed by atoms with Gasteiger partial charge in [0.1, 0.15) is 5.82 Å². The Morgan fingerprint density at radius 1 is 0.683 bits per heavy atom. The molecular weight excluding hydrogens is 523 g/mol. The summed E-state index contributed by atoms with van der Waals surface area (Å²) < 4.78 is 17.5. The van der Waals surface area contributed by atoms with Gasteiger partial charge in [-0.1, -0.05) is 72.8 Å². The molecule has 8 rings (SSSR count). The smallest absolute Gasteiger partial charge is 0.399 e. The van der Waals surface area contributed by atoms with Crippen LogP contribution in [0.2, 0.25) is 0 Å². The van der Waals surface area contributed by atoms with Gasteiger partial charge in [0, 0.05) is 42.6 Å². The molecule has 0 radical (unpaired) electrons. The fourth-order valence-corrected chi connectivity index (χ4v) is 7.25. The van der Waals surface area contributed by atoms with Crippen LogP contribution in [0.25, 0.3) is 58.9 Å². The molecule has 0 unspecified atom stereocenters. The lowest BCUT2D eigenvalue weighted by molar-refractivity contribution is 0.00578. The molecule has 4 heterocycles. The largest absolute Gasteiger partial charge is 0.496 e. The summed E-state index contributed by atoms with van der Waals surface area (Å²) in [5.74, 6) is 0.869. The zero-order chi connectivity index (χ0) is 27.9. The Labute approximate surface area is 243 Å². The predicted molar refractivity (Wildman–Crippen MR) is 173 cm³/mol. The second-order valence-corrected chi connectivity index (χ2v) is 13.0. The minimum atomic E-state index is -0.437. The molecule has 200 valence electrons. The average molecular weight is 553 g/mol. The number of aromatic nitrogens is 2. The van der Waals surface area contributed by atoms with E-state index in [1.165, 1.54) is 42.1 Å². The van der Waals surface area contributed by atoms with Crippen LogP contribution in [-0.2, 0) is 9.31 Å². The average Bonchev–Trinajstić information content (AvgIpc) is 3.59. The zero-order valence-corrected chi connectivity index (χ0v) is 24.3. The Hall–Kier alpha value is -3.97. The van der Waals surface area contributed by atoms with Crippen molar-refractivity contribution >= 4 is 65.9 Å². The Balaban J connectivity index is 1.28. The molecule has 0 amide bonds. The first-order valence-corrected chi connectivity index (χ1v) is 14.9. The second-order valence-electron chi connectivity index (χ2n) is 11.9. The van der Waals surface area contributed by atoms with Gasteiger partial charge >= 0.3 is 7.12 Å².